The Morgan fingerprint density at radius 3 is 2.64 bits per heavy atom. The second-order valence-electron chi connectivity index (χ2n) is 5.87. The third-order valence-electron chi connectivity index (χ3n) is 3.90. The summed E-state index contributed by atoms with van der Waals surface area (Å²) in [6.45, 7) is 8.15. The van der Waals surface area contributed by atoms with Gasteiger partial charge in [0.15, 0.2) is 11.5 Å². The smallest absolute Gasteiger partial charge is 0.312 e. The Labute approximate surface area is 128 Å². The van der Waals surface area contributed by atoms with Crippen molar-refractivity contribution in [2.24, 2.45) is 0 Å². The van der Waals surface area contributed by atoms with E-state index in [2.05, 4.69) is 33.8 Å². The van der Waals surface area contributed by atoms with E-state index in [0.29, 0.717) is 23.1 Å². The van der Waals surface area contributed by atoms with Gasteiger partial charge >= 0.3 is 5.69 Å². The van der Waals surface area contributed by atoms with Crippen molar-refractivity contribution in [2.45, 2.75) is 52.6 Å². The topological polar surface area (TPSA) is 78.5 Å². The molecule has 2 aliphatic rings. The Bertz CT molecular complexity index is 834. The summed E-state index contributed by atoms with van der Waals surface area (Å²) in [5, 5.41) is 0. The molecule has 0 fully saturated rings. The van der Waals surface area contributed by atoms with Gasteiger partial charge in [-0.1, -0.05) is 13.3 Å². The molecule has 0 aliphatic carbocycles. The van der Waals surface area contributed by atoms with Crippen LogP contribution in [-0.4, -0.2) is 29.1 Å². The minimum absolute atomic E-state index is 0.0106. The third kappa shape index (κ3) is 2.17. The first kappa shape index (κ1) is 14.6. The Kier molecular flexibility index (Phi) is 3.64. The van der Waals surface area contributed by atoms with Crippen LogP contribution in [0.1, 0.15) is 52.6 Å². The second-order valence-corrected chi connectivity index (χ2v) is 5.87. The number of imidazole rings is 2. The normalized spacial score (nSPS) is 13.3. The van der Waals surface area contributed by atoms with Crippen molar-refractivity contribution in [3.05, 3.63) is 23.1 Å². The fraction of sp³-hybridized carbons (Fsp3) is 0.533. The minimum Gasteiger partial charge on any atom is -0.312 e. The molecule has 0 saturated heterocycles. The lowest BCUT2D eigenvalue weighted by Crippen LogP contribution is -2.18. The predicted molar refractivity (Wildman–Crippen MR) is 84.0 cm³/mol. The number of rotatable bonds is 4. The van der Waals surface area contributed by atoms with Crippen LogP contribution in [-0.2, 0) is 0 Å². The molecule has 2 aliphatic heterocycles. The zero-order chi connectivity index (χ0) is 15.9. The van der Waals surface area contributed by atoms with Crippen LogP contribution in [0.2, 0.25) is 0 Å². The Hall–Kier alpha value is -2.31. The molecule has 0 spiro atoms. The SMILES string of the molecule is CCCC(C)n1cnc2c3nc(=O)n(C(C)C)c-3ncnc21. The summed E-state index contributed by atoms with van der Waals surface area (Å²) in [6, 6.07) is 0.280. The molecule has 0 saturated carbocycles. The number of nitrogens with zero attached hydrogens (tertiary/aromatic N) is 6. The summed E-state index contributed by atoms with van der Waals surface area (Å²) >= 11 is 0. The first-order valence-corrected chi connectivity index (χ1v) is 7.64. The van der Waals surface area contributed by atoms with E-state index in [9.17, 15) is 4.79 Å². The van der Waals surface area contributed by atoms with Crippen LogP contribution in [0.25, 0.3) is 22.7 Å². The Morgan fingerprint density at radius 1 is 1.18 bits per heavy atom. The molecule has 0 bridgehead atoms. The molecular weight excluding hydrogens is 280 g/mol. The first-order valence-electron chi connectivity index (χ1n) is 7.64. The summed E-state index contributed by atoms with van der Waals surface area (Å²) in [7, 11) is 0. The van der Waals surface area contributed by atoms with Gasteiger partial charge in [-0.2, -0.15) is 4.98 Å². The highest BCUT2D eigenvalue weighted by atomic mass is 16.1. The maximum atomic E-state index is 12.1. The maximum absolute atomic E-state index is 12.1. The van der Waals surface area contributed by atoms with Gasteiger partial charge in [0.2, 0.25) is 0 Å². The molecule has 0 N–H and O–H groups in total. The number of hydrogen-bond acceptors (Lipinski definition) is 5. The molecule has 7 heteroatoms. The van der Waals surface area contributed by atoms with Crippen molar-refractivity contribution in [2.75, 3.05) is 0 Å². The molecular formula is C15H20N6O. The van der Waals surface area contributed by atoms with Crippen LogP contribution in [0.4, 0.5) is 0 Å². The van der Waals surface area contributed by atoms with Gasteiger partial charge in [0.25, 0.3) is 0 Å². The zero-order valence-corrected chi connectivity index (χ0v) is 13.3. The summed E-state index contributed by atoms with van der Waals surface area (Å²) in [4.78, 5) is 29.5. The van der Waals surface area contributed by atoms with Gasteiger partial charge in [-0.15, -0.1) is 0 Å². The lowest BCUT2D eigenvalue weighted by atomic mass is 10.2. The summed E-state index contributed by atoms with van der Waals surface area (Å²) in [5.74, 6) is 0.538. The summed E-state index contributed by atoms with van der Waals surface area (Å²) < 4.78 is 3.60. The van der Waals surface area contributed by atoms with E-state index in [4.69, 9.17) is 0 Å². The highest BCUT2D eigenvalue weighted by Gasteiger charge is 2.22. The molecule has 1 aromatic heterocycles. The molecule has 7 nitrogen and oxygen atoms in total. The number of hydrogen-bond donors (Lipinski definition) is 0. The fourth-order valence-corrected chi connectivity index (χ4v) is 2.82. The summed E-state index contributed by atoms with van der Waals surface area (Å²) in [5.41, 5.74) is 1.58. The number of fused-ring (bicyclic) bond motifs is 3. The molecule has 116 valence electrons. The average Bonchev–Trinajstić information content (AvgIpc) is 2.96. The minimum atomic E-state index is -0.291. The van der Waals surface area contributed by atoms with E-state index in [1.807, 2.05) is 18.4 Å². The third-order valence-corrected chi connectivity index (χ3v) is 3.90. The second kappa shape index (κ2) is 5.47. The van der Waals surface area contributed by atoms with Gasteiger partial charge in [-0.05, 0) is 27.2 Å². The van der Waals surface area contributed by atoms with Gasteiger partial charge in [-0.25, -0.2) is 19.7 Å². The monoisotopic (exact) mass is 300 g/mol. The Morgan fingerprint density at radius 2 is 1.95 bits per heavy atom. The Balaban J connectivity index is 2.27. The van der Waals surface area contributed by atoms with Crippen molar-refractivity contribution in [1.29, 1.82) is 0 Å². The van der Waals surface area contributed by atoms with Crippen LogP contribution < -0.4 is 5.69 Å². The molecule has 0 amide bonds. The predicted octanol–water partition coefficient (Wildman–Crippen LogP) is 2.43. The maximum Gasteiger partial charge on any atom is 0.350 e. The van der Waals surface area contributed by atoms with Crippen molar-refractivity contribution in [3.63, 3.8) is 0 Å². The molecule has 1 atom stereocenters. The van der Waals surface area contributed by atoms with Crippen molar-refractivity contribution in [3.8, 4) is 11.5 Å². The van der Waals surface area contributed by atoms with Gasteiger partial charge in [0.05, 0.1) is 6.33 Å². The lowest BCUT2D eigenvalue weighted by molar-refractivity contribution is 0.509. The van der Waals surface area contributed by atoms with E-state index in [-0.39, 0.29) is 11.7 Å². The van der Waals surface area contributed by atoms with E-state index >= 15 is 0 Å². The van der Waals surface area contributed by atoms with Crippen LogP contribution in [0.3, 0.4) is 0 Å². The molecule has 22 heavy (non-hydrogen) atoms. The van der Waals surface area contributed by atoms with Crippen LogP contribution in [0, 0.1) is 0 Å². The van der Waals surface area contributed by atoms with Crippen molar-refractivity contribution < 1.29 is 0 Å². The molecule has 1 unspecified atom stereocenters. The summed E-state index contributed by atoms with van der Waals surface area (Å²) in [6.07, 6.45) is 5.38. The van der Waals surface area contributed by atoms with Crippen LogP contribution in [0.5, 0.6) is 0 Å². The highest BCUT2D eigenvalue weighted by Crippen LogP contribution is 2.26. The van der Waals surface area contributed by atoms with Crippen molar-refractivity contribution in [1.82, 2.24) is 29.1 Å². The van der Waals surface area contributed by atoms with E-state index < -0.39 is 0 Å². The van der Waals surface area contributed by atoms with Crippen LogP contribution >= 0.6 is 0 Å². The van der Waals surface area contributed by atoms with Gasteiger partial charge < -0.3 is 4.57 Å². The largest absolute Gasteiger partial charge is 0.350 e. The van der Waals surface area contributed by atoms with Crippen LogP contribution in [0.15, 0.2) is 17.4 Å². The zero-order valence-electron chi connectivity index (χ0n) is 13.3. The fourth-order valence-electron chi connectivity index (χ4n) is 2.82. The van der Waals surface area contributed by atoms with Gasteiger partial charge in [0.1, 0.15) is 17.5 Å². The molecule has 0 radical (unpaired) electrons. The van der Waals surface area contributed by atoms with E-state index in [1.54, 1.807) is 10.9 Å². The molecule has 3 heterocycles. The lowest BCUT2D eigenvalue weighted by Gasteiger charge is -2.11. The van der Waals surface area contributed by atoms with E-state index in [1.165, 1.54) is 6.33 Å². The standard InChI is InChI=1S/C15H20N6O/c1-5-6-10(4)20-8-18-11-12-14(17-7-16-13(11)20)21(9(2)3)15(22)19-12/h7-10H,5-6H2,1-4H3. The molecule has 3 rings (SSSR count). The van der Waals surface area contributed by atoms with Crippen molar-refractivity contribution >= 4 is 11.2 Å². The van der Waals surface area contributed by atoms with Gasteiger partial charge in [0, 0.05) is 12.1 Å². The van der Waals surface area contributed by atoms with Gasteiger partial charge in [-0.3, -0.25) is 4.57 Å². The molecule has 0 aromatic carbocycles. The van der Waals surface area contributed by atoms with E-state index in [0.717, 1.165) is 18.5 Å². The average molecular weight is 300 g/mol. The molecule has 1 aromatic rings. The first-order chi connectivity index (χ1) is 10.5. The number of aromatic nitrogens is 6. The quantitative estimate of drug-likeness (QED) is 0.739. The highest BCUT2D eigenvalue weighted by molar-refractivity contribution is 5.85.